The number of sulfonamides is 1. The third-order valence-corrected chi connectivity index (χ3v) is 4.17. The predicted molar refractivity (Wildman–Crippen MR) is 79.4 cm³/mol. The first-order valence-electron chi connectivity index (χ1n) is 6.67. The summed E-state index contributed by atoms with van der Waals surface area (Å²) >= 11 is 0. The quantitative estimate of drug-likeness (QED) is 0.882. The van der Waals surface area contributed by atoms with E-state index in [2.05, 4.69) is 11.9 Å². The van der Waals surface area contributed by atoms with Crippen LogP contribution in [-0.2, 0) is 23.2 Å². The molecular formula is C14H19N3O3S. The number of nitrogens with zero attached hydrogens (tertiary/aromatic N) is 2. The molecule has 0 bridgehead atoms. The number of aromatic nitrogens is 2. The molecule has 1 heterocycles. The molecule has 1 aromatic carbocycles. The van der Waals surface area contributed by atoms with Gasteiger partial charge in [-0.2, -0.15) is 0 Å². The highest BCUT2D eigenvalue weighted by Crippen LogP contribution is 2.21. The van der Waals surface area contributed by atoms with Crippen LogP contribution < -0.4 is 9.88 Å². The highest BCUT2D eigenvalue weighted by molar-refractivity contribution is 7.89. The number of primary sulfonamides is 1. The van der Waals surface area contributed by atoms with Crippen molar-refractivity contribution < 1.29 is 13.2 Å². The Labute approximate surface area is 124 Å². The van der Waals surface area contributed by atoms with Crippen molar-refractivity contribution in [3.05, 3.63) is 42.0 Å². The van der Waals surface area contributed by atoms with E-state index in [-0.39, 0.29) is 4.90 Å². The molecule has 0 radical (unpaired) electrons. The van der Waals surface area contributed by atoms with Crippen LogP contribution in [0.15, 0.2) is 35.6 Å². The molecule has 21 heavy (non-hydrogen) atoms. The molecule has 0 aliphatic heterocycles. The van der Waals surface area contributed by atoms with Gasteiger partial charge in [0, 0.05) is 6.54 Å². The van der Waals surface area contributed by atoms with Gasteiger partial charge < -0.3 is 9.30 Å². The minimum absolute atomic E-state index is 0.117. The van der Waals surface area contributed by atoms with Gasteiger partial charge in [0.25, 0.3) is 0 Å². The van der Waals surface area contributed by atoms with Gasteiger partial charge in [-0.3, -0.25) is 0 Å². The van der Waals surface area contributed by atoms with Crippen LogP contribution in [0, 0.1) is 6.92 Å². The number of ether oxygens (including phenoxy) is 1. The highest BCUT2D eigenvalue weighted by atomic mass is 32.2. The van der Waals surface area contributed by atoms with Gasteiger partial charge in [-0.15, -0.1) is 0 Å². The van der Waals surface area contributed by atoms with Gasteiger partial charge in [-0.1, -0.05) is 6.92 Å². The van der Waals surface area contributed by atoms with Crippen molar-refractivity contribution >= 4 is 10.0 Å². The Morgan fingerprint density at radius 2 is 2.14 bits per heavy atom. The van der Waals surface area contributed by atoms with Gasteiger partial charge in [0.05, 0.1) is 23.1 Å². The molecular weight excluding hydrogens is 290 g/mol. The second kappa shape index (κ2) is 6.28. The summed E-state index contributed by atoms with van der Waals surface area (Å²) in [5.41, 5.74) is 1.54. The summed E-state index contributed by atoms with van der Waals surface area (Å²) in [7, 11) is -3.69. The van der Waals surface area contributed by atoms with Crippen molar-refractivity contribution in [1.82, 2.24) is 9.55 Å². The average Bonchev–Trinajstić information content (AvgIpc) is 2.83. The van der Waals surface area contributed by atoms with E-state index < -0.39 is 10.0 Å². The highest BCUT2D eigenvalue weighted by Gasteiger charge is 2.12. The van der Waals surface area contributed by atoms with Crippen LogP contribution in [0.2, 0.25) is 0 Å². The Kier molecular flexibility index (Phi) is 4.64. The van der Waals surface area contributed by atoms with Gasteiger partial charge in [0.1, 0.15) is 12.4 Å². The SMILES string of the molecule is CCCn1cncc1COc1ccc(S(N)(=O)=O)c(C)c1. The van der Waals surface area contributed by atoms with Crippen molar-refractivity contribution in [1.29, 1.82) is 0 Å². The lowest BCUT2D eigenvalue weighted by atomic mass is 10.2. The fourth-order valence-corrected chi connectivity index (χ4v) is 2.86. The molecule has 0 fully saturated rings. The molecule has 1 aromatic heterocycles. The normalized spacial score (nSPS) is 11.6. The summed E-state index contributed by atoms with van der Waals surface area (Å²) in [5.74, 6) is 0.601. The first-order chi connectivity index (χ1) is 9.91. The molecule has 2 N–H and O–H groups in total. The van der Waals surface area contributed by atoms with Gasteiger partial charge in [-0.05, 0) is 37.1 Å². The van der Waals surface area contributed by atoms with Crippen LogP contribution in [-0.4, -0.2) is 18.0 Å². The third kappa shape index (κ3) is 3.83. The number of hydrogen-bond donors (Lipinski definition) is 1. The number of imidazole rings is 1. The lowest BCUT2D eigenvalue weighted by Crippen LogP contribution is -2.13. The third-order valence-electron chi connectivity index (χ3n) is 3.10. The fraction of sp³-hybridized carbons (Fsp3) is 0.357. The summed E-state index contributed by atoms with van der Waals surface area (Å²) in [5, 5.41) is 5.13. The molecule has 0 aliphatic carbocycles. The monoisotopic (exact) mass is 309 g/mol. The number of aryl methyl sites for hydroxylation is 2. The van der Waals surface area contributed by atoms with Crippen molar-refractivity contribution in [2.75, 3.05) is 0 Å². The second-order valence-electron chi connectivity index (χ2n) is 4.84. The van der Waals surface area contributed by atoms with Crippen molar-refractivity contribution in [3.63, 3.8) is 0 Å². The Bertz CT molecular complexity index is 723. The van der Waals surface area contributed by atoms with Crippen LogP contribution in [0.3, 0.4) is 0 Å². The second-order valence-corrected chi connectivity index (χ2v) is 6.37. The largest absolute Gasteiger partial charge is 0.487 e. The molecule has 0 spiro atoms. The molecule has 0 saturated carbocycles. The number of nitrogens with two attached hydrogens (primary N) is 1. The van der Waals surface area contributed by atoms with Crippen LogP contribution in [0.25, 0.3) is 0 Å². The average molecular weight is 309 g/mol. The van der Waals surface area contributed by atoms with E-state index in [1.807, 2.05) is 4.57 Å². The zero-order valence-corrected chi connectivity index (χ0v) is 12.9. The van der Waals surface area contributed by atoms with Crippen LogP contribution in [0.4, 0.5) is 0 Å². The minimum Gasteiger partial charge on any atom is -0.487 e. The van der Waals surface area contributed by atoms with E-state index >= 15 is 0 Å². The molecule has 114 valence electrons. The standard InChI is InChI=1S/C14H19N3O3S/c1-3-6-17-10-16-8-12(17)9-20-13-4-5-14(11(2)7-13)21(15,18)19/h4-5,7-8,10H,3,6,9H2,1-2H3,(H2,15,18,19). The minimum atomic E-state index is -3.69. The van der Waals surface area contributed by atoms with Crippen LogP contribution in [0.1, 0.15) is 24.6 Å². The molecule has 0 saturated heterocycles. The maximum Gasteiger partial charge on any atom is 0.238 e. The lowest BCUT2D eigenvalue weighted by molar-refractivity contribution is 0.294. The summed E-state index contributed by atoms with van der Waals surface area (Å²) in [6.45, 7) is 5.06. The topological polar surface area (TPSA) is 87.2 Å². The maximum absolute atomic E-state index is 11.4. The molecule has 0 amide bonds. The fourth-order valence-electron chi connectivity index (χ4n) is 2.10. The zero-order chi connectivity index (χ0) is 15.5. The molecule has 2 aromatic rings. The summed E-state index contributed by atoms with van der Waals surface area (Å²) < 4.78 is 30.4. The van der Waals surface area contributed by atoms with Gasteiger partial charge in [0.2, 0.25) is 10.0 Å². The van der Waals surface area contributed by atoms with Crippen LogP contribution in [0.5, 0.6) is 5.75 Å². The lowest BCUT2D eigenvalue weighted by Gasteiger charge is -2.10. The van der Waals surface area contributed by atoms with Gasteiger partial charge in [0.15, 0.2) is 0 Å². The van der Waals surface area contributed by atoms with Crippen molar-refractivity contribution in [3.8, 4) is 5.75 Å². The zero-order valence-electron chi connectivity index (χ0n) is 12.1. The summed E-state index contributed by atoms with van der Waals surface area (Å²) in [4.78, 5) is 4.22. The summed E-state index contributed by atoms with van der Waals surface area (Å²) in [6, 6.07) is 4.73. The van der Waals surface area contributed by atoms with E-state index in [0.29, 0.717) is 17.9 Å². The first-order valence-corrected chi connectivity index (χ1v) is 8.21. The Hall–Kier alpha value is -1.86. The first kappa shape index (κ1) is 15.5. The number of benzene rings is 1. The summed E-state index contributed by atoms with van der Waals surface area (Å²) in [6.07, 6.45) is 4.56. The van der Waals surface area contributed by atoms with E-state index in [1.165, 1.54) is 6.07 Å². The van der Waals surface area contributed by atoms with Crippen molar-refractivity contribution in [2.24, 2.45) is 5.14 Å². The van der Waals surface area contributed by atoms with E-state index in [1.54, 1.807) is 31.6 Å². The Morgan fingerprint density at radius 1 is 1.38 bits per heavy atom. The Balaban J connectivity index is 2.11. The van der Waals surface area contributed by atoms with E-state index in [0.717, 1.165) is 18.7 Å². The molecule has 2 rings (SSSR count). The van der Waals surface area contributed by atoms with E-state index in [9.17, 15) is 8.42 Å². The smallest absolute Gasteiger partial charge is 0.238 e. The molecule has 6 nitrogen and oxygen atoms in total. The van der Waals surface area contributed by atoms with Crippen molar-refractivity contribution in [2.45, 2.75) is 38.3 Å². The molecule has 0 aliphatic rings. The molecule has 7 heteroatoms. The molecule has 0 unspecified atom stereocenters. The van der Waals surface area contributed by atoms with Gasteiger partial charge >= 0.3 is 0 Å². The number of rotatable bonds is 6. The van der Waals surface area contributed by atoms with Crippen LogP contribution >= 0.6 is 0 Å². The van der Waals surface area contributed by atoms with Gasteiger partial charge in [-0.25, -0.2) is 18.5 Å². The number of hydrogen-bond acceptors (Lipinski definition) is 4. The van der Waals surface area contributed by atoms with E-state index in [4.69, 9.17) is 9.88 Å². The maximum atomic E-state index is 11.4. The Morgan fingerprint density at radius 3 is 2.76 bits per heavy atom. The predicted octanol–water partition coefficient (Wildman–Crippen LogP) is 1.83. The molecule has 0 atom stereocenters.